The molecular formula is C24H27N3O4. The van der Waals surface area contributed by atoms with Gasteiger partial charge < -0.3 is 19.7 Å². The molecule has 0 aliphatic heterocycles. The first-order valence-corrected chi connectivity index (χ1v) is 10.8. The van der Waals surface area contributed by atoms with Crippen LogP contribution in [0.5, 0.6) is 0 Å². The third-order valence-corrected chi connectivity index (χ3v) is 5.74. The number of rotatable bonds is 6. The number of carbonyl (C=O) groups excluding carboxylic acids is 2. The van der Waals surface area contributed by atoms with E-state index in [0.29, 0.717) is 36.2 Å². The minimum absolute atomic E-state index is 0.217. The maximum Gasteiger partial charge on any atom is 0.338 e. The van der Waals surface area contributed by atoms with Gasteiger partial charge in [0.25, 0.3) is 5.91 Å². The van der Waals surface area contributed by atoms with Crippen LogP contribution in [0, 0.1) is 0 Å². The van der Waals surface area contributed by atoms with Crippen molar-refractivity contribution >= 4 is 22.9 Å². The maximum atomic E-state index is 13.0. The molecule has 0 bridgehead atoms. The highest BCUT2D eigenvalue weighted by atomic mass is 16.5. The van der Waals surface area contributed by atoms with Crippen LogP contribution in [0.15, 0.2) is 48.8 Å². The molecule has 162 valence electrons. The smallest absolute Gasteiger partial charge is 0.338 e. The summed E-state index contributed by atoms with van der Waals surface area (Å²) in [6, 6.07) is 10.8. The Balaban J connectivity index is 1.56. The lowest BCUT2D eigenvalue weighted by Crippen LogP contribution is -2.45. The van der Waals surface area contributed by atoms with E-state index in [9.17, 15) is 14.7 Å². The van der Waals surface area contributed by atoms with Crippen LogP contribution in [0.4, 0.5) is 0 Å². The first-order chi connectivity index (χ1) is 15.1. The molecule has 31 heavy (non-hydrogen) atoms. The zero-order valence-corrected chi connectivity index (χ0v) is 17.6. The largest absolute Gasteiger partial charge is 0.462 e. The zero-order valence-electron chi connectivity index (χ0n) is 17.6. The second-order valence-electron chi connectivity index (χ2n) is 7.89. The minimum Gasteiger partial charge on any atom is -0.462 e. The summed E-state index contributed by atoms with van der Waals surface area (Å²) in [4.78, 5) is 29.3. The molecule has 1 aliphatic carbocycles. The fourth-order valence-corrected chi connectivity index (χ4v) is 4.10. The molecule has 2 unspecified atom stereocenters. The van der Waals surface area contributed by atoms with Gasteiger partial charge in [-0.3, -0.25) is 9.78 Å². The Hall–Kier alpha value is -3.19. The third-order valence-electron chi connectivity index (χ3n) is 5.74. The standard InChI is InChI=1S/C24H27N3O4/c1-2-31-24(30)17-11-9-16(10-12-17)14-27-15-18(22-20(27)7-5-13-25-22)23(29)26-19-6-3-4-8-21(19)28/h5,7,9-13,15,19,21,28H,2-4,6,8,14H2,1H3,(H,26,29). The number of carbonyl (C=O) groups is 2. The summed E-state index contributed by atoms with van der Waals surface area (Å²) in [7, 11) is 0. The Bertz CT molecular complexity index is 1070. The normalized spacial score (nSPS) is 18.6. The highest BCUT2D eigenvalue weighted by Gasteiger charge is 2.26. The van der Waals surface area contributed by atoms with Crippen LogP contribution in [0.3, 0.4) is 0 Å². The Labute approximate surface area is 181 Å². The summed E-state index contributed by atoms with van der Waals surface area (Å²) in [5.41, 5.74) is 3.48. The lowest BCUT2D eigenvalue weighted by Gasteiger charge is -2.28. The second-order valence-corrected chi connectivity index (χ2v) is 7.89. The van der Waals surface area contributed by atoms with Gasteiger partial charge in [0, 0.05) is 18.9 Å². The maximum absolute atomic E-state index is 13.0. The molecule has 3 aromatic rings. The van der Waals surface area contributed by atoms with E-state index in [0.717, 1.165) is 30.3 Å². The number of nitrogens with zero attached hydrogens (tertiary/aromatic N) is 2. The van der Waals surface area contributed by atoms with Crippen LogP contribution in [-0.4, -0.2) is 45.3 Å². The first-order valence-electron chi connectivity index (χ1n) is 10.8. The fourth-order valence-electron chi connectivity index (χ4n) is 4.10. The molecule has 1 aliphatic rings. The summed E-state index contributed by atoms with van der Waals surface area (Å²) in [5.74, 6) is -0.556. The molecule has 2 aromatic heterocycles. The molecule has 1 aromatic carbocycles. The van der Waals surface area contributed by atoms with Gasteiger partial charge >= 0.3 is 5.97 Å². The number of esters is 1. The minimum atomic E-state index is -0.503. The molecule has 0 saturated heterocycles. The van der Waals surface area contributed by atoms with Gasteiger partial charge in [-0.2, -0.15) is 0 Å². The van der Waals surface area contributed by atoms with Gasteiger partial charge in [-0.25, -0.2) is 4.79 Å². The highest BCUT2D eigenvalue weighted by molar-refractivity contribution is 6.05. The highest BCUT2D eigenvalue weighted by Crippen LogP contribution is 2.23. The van der Waals surface area contributed by atoms with Gasteiger partial charge in [0.2, 0.25) is 0 Å². The Morgan fingerprint density at radius 2 is 1.97 bits per heavy atom. The monoisotopic (exact) mass is 421 g/mol. The summed E-state index contributed by atoms with van der Waals surface area (Å²) >= 11 is 0. The average Bonchev–Trinajstić information content (AvgIpc) is 3.15. The molecular weight excluding hydrogens is 394 g/mol. The van der Waals surface area contributed by atoms with Crippen LogP contribution < -0.4 is 5.32 Å². The van der Waals surface area contributed by atoms with Gasteiger partial charge in [-0.05, 0) is 49.6 Å². The van der Waals surface area contributed by atoms with E-state index in [2.05, 4.69) is 10.3 Å². The second kappa shape index (κ2) is 9.31. The van der Waals surface area contributed by atoms with Crippen molar-refractivity contribution in [1.82, 2.24) is 14.9 Å². The lowest BCUT2D eigenvalue weighted by molar-refractivity contribution is 0.0526. The average molecular weight is 421 g/mol. The molecule has 7 nitrogen and oxygen atoms in total. The number of amides is 1. The number of nitrogens with one attached hydrogen (secondary N) is 1. The van der Waals surface area contributed by atoms with E-state index in [1.165, 1.54) is 0 Å². The van der Waals surface area contributed by atoms with E-state index < -0.39 is 6.10 Å². The molecule has 4 rings (SSSR count). The quantitative estimate of drug-likeness (QED) is 0.596. The number of aromatic nitrogens is 2. The van der Waals surface area contributed by atoms with E-state index in [-0.39, 0.29) is 17.9 Å². The summed E-state index contributed by atoms with van der Waals surface area (Å²) in [6.07, 6.45) is 6.47. The predicted octanol–water partition coefficient (Wildman–Crippen LogP) is 3.29. The zero-order chi connectivity index (χ0) is 21.8. The van der Waals surface area contributed by atoms with Gasteiger partial charge in [0.15, 0.2) is 0 Å². The van der Waals surface area contributed by atoms with Crippen molar-refractivity contribution in [3.8, 4) is 0 Å². The Kier molecular flexibility index (Phi) is 6.32. The van der Waals surface area contributed by atoms with Crippen LogP contribution >= 0.6 is 0 Å². The number of fused-ring (bicyclic) bond motifs is 1. The van der Waals surface area contributed by atoms with Gasteiger partial charge in [0.05, 0.1) is 35.4 Å². The molecule has 1 amide bonds. The summed E-state index contributed by atoms with van der Waals surface area (Å²) in [5, 5.41) is 13.2. The molecule has 1 saturated carbocycles. The van der Waals surface area contributed by atoms with Crippen LogP contribution in [0.2, 0.25) is 0 Å². The molecule has 2 N–H and O–H groups in total. The number of hydrogen-bond acceptors (Lipinski definition) is 5. The van der Waals surface area contributed by atoms with Crippen molar-refractivity contribution in [2.24, 2.45) is 0 Å². The van der Waals surface area contributed by atoms with E-state index in [1.54, 1.807) is 25.3 Å². The number of ether oxygens (including phenoxy) is 1. The lowest BCUT2D eigenvalue weighted by atomic mass is 9.92. The first kappa shape index (κ1) is 21.1. The van der Waals surface area contributed by atoms with Crippen molar-refractivity contribution < 1.29 is 19.4 Å². The SMILES string of the molecule is CCOC(=O)c1ccc(Cn2cc(C(=O)NC3CCCCC3O)c3ncccc32)cc1. The number of pyridine rings is 1. The molecule has 1 fully saturated rings. The van der Waals surface area contributed by atoms with Gasteiger partial charge in [-0.1, -0.05) is 25.0 Å². The Morgan fingerprint density at radius 3 is 2.71 bits per heavy atom. The molecule has 0 radical (unpaired) electrons. The summed E-state index contributed by atoms with van der Waals surface area (Å²) in [6.45, 7) is 2.65. The predicted molar refractivity (Wildman–Crippen MR) is 117 cm³/mol. The molecule has 2 heterocycles. The van der Waals surface area contributed by atoms with Crippen molar-refractivity contribution in [2.75, 3.05) is 6.61 Å². The molecule has 2 atom stereocenters. The number of hydrogen-bond donors (Lipinski definition) is 2. The van der Waals surface area contributed by atoms with Crippen LogP contribution in [0.25, 0.3) is 11.0 Å². The van der Waals surface area contributed by atoms with E-state index >= 15 is 0 Å². The van der Waals surface area contributed by atoms with Crippen molar-refractivity contribution in [1.29, 1.82) is 0 Å². The molecule has 7 heteroatoms. The molecule has 0 spiro atoms. The summed E-state index contributed by atoms with van der Waals surface area (Å²) < 4.78 is 7.01. The third kappa shape index (κ3) is 4.61. The van der Waals surface area contributed by atoms with Gasteiger partial charge in [0.1, 0.15) is 5.52 Å². The van der Waals surface area contributed by atoms with Crippen molar-refractivity contribution in [3.63, 3.8) is 0 Å². The number of benzene rings is 1. The Morgan fingerprint density at radius 1 is 1.19 bits per heavy atom. The number of aliphatic hydroxyl groups excluding tert-OH is 1. The van der Waals surface area contributed by atoms with Crippen LogP contribution in [-0.2, 0) is 11.3 Å². The number of aliphatic hydroxyl groups is 1. The van der Waals surface area contributed by atoms with Crippen molar-refractivity contribution in [2.45, 2.75) is 51.3 Å². The van der Waals surface area contributed by atoms with Crippen molar-refractivity contribution in [3.05, 3.63) is 65.5 Å². The van der Waals surface area contributed by atoms with E-state index in [1.807, 2.05) is 35.0 Å². The van der Waals surface area contributed by atoms with Crippen LogP contribution in [0.1, 0.15) is 58.9 Å². The topological polar surface area (TPSA) is 93.5 Å². The van der Waals surface area contributed by atoms with Gasteiger partial charge in [-0.15, -0.1) is 0 Å². The van der Waals surface area contributed by atoms with E-state index in [4.69, 9.17) is 4.74 Å². The fraction of sp³-hybridized carbons (Fsp3) is 0.375.